The molecule has 8 heteroatoms. The SMILES string of the molecule is C/C(N)=C\C(=O)c1c(-c2ccccc2)c2cc(Br)ccc2c(=O)n1Cc1ccc(S(C)(=O)=O)cc1. The summed E-state index contributed by atoms with van der Waals surface area (Å²) in [6, 6.07) is 21.0. The Balaban J connectivity index is 2.07. The van der Waals surface area contributed by atoms with E-state index in [0.717, 1.165) is 16.3 Å². The molecule has 0 aliphatic rings. The van der Waals surface area contributed by atoms with Crippen LogP contribution in [-0.2, 0) is 16.4 Å². The summed E-state index contributed by atoms with van der Waals surface area (Å²) in [5.41, 5.74) is 8.13. The lowest BCUT2D eigenvalue weighted by molar-refractivity contribution is 0.103. The number of fused-ring (bicyclic) bond motifs is 1. The van der Waals surface area contributed by atoms with Gasteiger partial charge < -0.3 is 5.73 Å². The smallest absolute Gasteiger partial charge is 0.259 e. The minimum Gasteiger partial charge on any atom is -0.402 e. The number of aromatic nitrogens is 1. The van der Waals surface area contributed by atoms with Crippen molar-refractivity contribution in [1.29, 1.82) is 0 Å². The highest BCUT2D eigenvalue weighted by atomic mass is 79.9. The molecule has 0 amide bonds. The first-order valence-electron chi connectivity index (χ1n) is 10.7. The molecule has 0 unspecified atom stereocenters. The third-order valence-electron chi connectivity index (χ3n) is 5.58. The van der Waals surface area contributed by atoms with E-state index in [4.69, 9.17) is 5.73 Å². The molecule has 3 aromatic carbocycles. The van der Waals surface area contributed by atoms with Gasteiger partial charge in [0, 0.05) is 33.5 Å². The van der Waals surface area contributed by atoms with Crippen molar-refractivity contribution < 1.29 is 13.2 Å². The molecule has 2 N–H and O–H groups in total. The first-order valence-corrected chi connectivity index (χ1v) is 13.4. The lowest BCUT2D eigenvalue weighted by Gasteiger charge is -2.19. The maximum Gasteiger partial charge on any atom is 0.259 e. The van der Waals surface area contributed by atoms with E-state index in [1.807, 2.05) is 36.4 Å². The van der Waals surface area contributed by atoms with Gasteiger partial charge in [-0.15, -0.1) is 0 Å². The van der Waals surface area contributed by atoms with Crippen molar-refractivity contribution in [3.63, 3.8) is 0 Å². The van der Waals surface area contributed by atoms with Crippen molar-refractivity contribution in [2.45, 2.75) is 18.4 Å². The molecule has 0 spiro atoms. The summed E-state index contributed by atoms with van der Waals surface area (Å²) >= 11 is 3.49. The molecule has 1 aromatic heterocycles. The minimum absolute atomic E-state index is 0.0766. The molecule has 0 aliphatic carbocycles. The highest BCUT2D eigenvalue weighted by Gasteiger charge is 2.23. The fourth-order valence-electron chi connectivity index (χ4n) is 4.02. The van der Waals surface area contributed by atoms with Crippen molar-refractivity contribution in [2.24, 2.45) is 5.73 Å². The second-order valence-electron chi connectivity index (χ2n) is 8.34. The second kappa shape index (κ2) is 9.64. The maximum absolute atomic E-state index is 13.7. The fraction of sp³-hybridized carbons (Fsp3) is 0.111. The summed E-state index contributed by atoms with van der Waals surface area (Å²) in [7, 11) is -3.36. The molecule has 0 saturated carbocycles. The van der Waals surface area contributed by atoms with Crippen LogP contribution < -0.4 is 11.3 Å². The van der Waals surface area contributed by atoms with Gasteiger partial charge in [-0.25, -0.2) is 8.42 Å². The predicted octanol–water partition coefficient (Wildman–Crippen LogP) is 4.93. The van der Waals surface area contributed by atoms with Gasteiger partial charge in [-0.05, 0) is 53.8 Å². The number of sulfone groups is 1. The average Bonchev–Trinajstić information content (AvgIpc) is 2.80. The van der Waals surface area contributed by atoms with Gasteiger partial charge in [0.2, 0.25) is 5.78 Å². The van der Waals surface area contributed by atoms with Crippen LogP contribution in [0.15, 0.2) is 98.7 Å². The largest absolute Gasteiger partial charge is 0.402 e. The van der Waals surface area contributed by atoms with Crippen LogP contribution in [0.5, 0.6) is 0 Å². The van der Waals surface area contributed by atoms with E-state index in [2.05, 4.69) is 15.9 Å². The Kier molecular flexibility index (Phi) is 6.78. The number of hydrogen-bond acceptors (Lipinski definition) is 5. The van der Waals surface area contributed by atoms with Crippen LogP contribution in [0.4, 0.5) is 0 Å². The topological polar surface area (TPSA) is 99.2 Å². The molecule has 4 rings (SSSR count). The van der Waals surface area contributed by atoms with Gasteiger partial charge in [0.1, 0.15) is 5.69 Å². The molecule has 0 radical (unpaired) electrons. The van der Waals surface area contributed by atoms with Crippen molar-refractivity contribution in [3.8, 4) is 11.1 Å². The molecule has 178 valence electrons. The van der Waals surface area contributed by atoms with Crippen molar-refractivity contribution in [2.75, 3.05) is 6.26 Å². The van der Waals surface area contributed by atoms with Gasteiger partial charge >= 0.3 is 0 Å². The number of ketones is 1. The number of carbonyl (C=O) groups excluding carboxylic acids is 1. The van der Waals surface area contributed by atoms with Gasteiger partial charge in [-0.2, -0.15) is 0 Å². The minimum atomic E-state index is -3.36. The summed E-state index contributed by atoms with van der Waals surface area (Å²) < 4.78 is 25.9. The lowest BCUT2D eigenvalue weighted by Crippen LogP contribution is -2.28. The zero-order chi connectivity index (χ0) is 25.3. The average molecular weight is 551 g/mol. The van der Waals surface area contributed by atoms with Crippen LogP contribution >= 0.6 is 15.9 Å². The van der Waals surface area contributed by atoms with Gasteiger partial charge in [0.05, 0.1) is 11.4 Å². The molecule has 0 atom stereocenters. The highest BCUT2D eigenvalue weighted by Crippen LogP contribution is 2.33. The third kappa shape index (κ3) is 5.13. The number of hydrogen-bond donors (Lipinski definition) is 1. The number of halogens is 1. The summed E-state index contributed by atoms with van der Waals surface area (Å²) in [4.78, 5) is 27.4. The summed E-state index contributed by atoms with van der Waals surface area (Å²) in [6.07, 6.45) is 2.45. The number of benzene rings is 3. The van der Waals surface area contributed by atoms with E-state index in [1.165, 1.54) is 22.8 Å². The van der Waals surface area contributed by atoms with E-state index in [9.17, 15) is 18.0 Å². The van der Waals surface area contributed by atoms with E-state index in [0.29, 0.717) is 27.6 Å². The van der Waals surface area contributed by atoms with Crippen molar-refractivity contribution in [3.05, 3.63) is 111 Å². The van der Waals surface area contributed by atoms with Gasteiger partial charge in [-0.1, -0.05) is 58.4 Å². The van der Waals surface area contributed by atoms with E-state index in [-0.39, 0.29) is 22.7 Å². The molecule has 0 aliphatic heterocycles. The first kappa shape index (κ1) is 24.6. The Morgan fingerprint density at radius 1 is 1.00 bits per heavy atom. The van der Waals surface area contributed by atoms with Crippen LogP contribution in [-0.4, -0.2) is 25.0 Å². The van der Waals surface area contributed by atoms with E-state index >= 15 is 0 Å². The normalized spacial score (nSPS) is 12.1. The van der Waals surface area contributed by atoms with Crippen LogP contribution in [0, 0.1) is 0 Å². The Bertz CT molecular complexity index is 1640. The number of carbonyl (C=O) groups is 1. The number of rotatable bonds is 6. The van der Waals surface area contributed by atoms with Gasteiger partial charge in [0.25, 0.3) is 5.56 Å². The number of allylic oxidation sites excluding steroid dienone is 2. The van der Waals surface area contributed by atoms with Crippen molar-refractivity contribution >= 4 is 42.3 Å². The Hall–Kier alpha value is -3.49. The Labute approximate surface area is 211 Å². The zero-order valence-electron chi connectivity index (χ0n) is 19.2. The Morgan fingerprint density at radius 3 is 2.26 bits per heavy atom. The predicted molar refractivity (Wildman–Crippen MR) is 142 cm³/mol. The fourth-order valence-corrected chi connectivity index (χ4v) is 5.01. The molecular weight excluding hydrogens is 528 g/mol. The second-order valence-corrected chi connectivity index (χ2v) is 11.3. The van der Waals surface area contributed by atoms with E-state index in [1.54, 1.807) is 31.2 Å². The Morgan fingerprint density at radius 2 is 1.66 bits per heavy atom. The molecule has 4 aromatic rings. The maximum atomic E-state index is 13.7. The molecule has 6 nitrogen and oxygen atoms in total. The first-order chi connectivity index (χ1) is 16.6. The number of nitrogens with two attached hydrogens (primary N) is 1. The van der Waals surface area contributed by atoms with Crippen molar-refractivity contribution in [1.82, 2.24) is 4.57 Å². The number of pyridine rings is 1. The number of nitrogens with zero attached hydrogens (tertiary/aromatic N) is 1. The van der Waals surface area contributed by atoms with Gasteiger partial charge in [-0.3, -0.25) is 14.2 Å². The van der Waals surface area contributed by atoms with Crippen LogP contribution in [0.3, 0.4) is 0 Å². The summed E-state index contributed by atoms with van der Waals surface area (Å²) in [5, 5.41) is 1.11. The van der Waals surface area contributed by atoms with Crippen LogP contribution in [0.2, 0.25) is 0 Å². The standard InChI is InChI=1S/C27H23BrN2O4S/c1-17(29)14-24(31)26-25(19-6-4-3-5-7-19)23-15-20(28)10-13-22(23)27(32)30(26)16-18-8-11-21(12-9-18)35(2,33)34/h3-15H,16,29H2,1-2H3/b17-14+. The summed E-state index contributed by atoms with van der Waals surface area (Å²) in [5.74, 6) is -0.393. The monoisotopic (exact) mass is 550 g/mol. The molecular formula is C27H23BrN2O4S. The summed E-state index contributed by atoms with van der Waals surface area (Å²) in [6.45, 7) is 1.69. The zero-order valence-corrected chi connectivity index (χ0v) is 21.6. The molecule has 0 bridgehead atoms. The van der Waals surface area contributed by atoms with E-state index < -0.39 is 15.6 Å². The quantitative estimate of drug-likeness (QED) is 0.271. The highest BCUT2D eigenvalue weighted by molar-refractivity contribution is 9.10. The van der Waals surface area contributed by atoms with Crippen LogP contribution in [0.25, 0.3) is 21.9 Å². The molecule has 1 heterocycles. The van der Waals surface area contributed by atoms with Gasteiger partial charge in [0.15, 0.2) is 9.84 Å². The molecule has 35 heavy (non-hydrogen) atoms. The third-order valence-corrected chi connectivity index (χ3v) is 7.20. The molecule has 0 fully saturated rings. The molecule has 0 saturated heterocycles. The lowest BCUT2D eigenvalue weighted by atomic mass is 9.94. The van der Waals surface area contributed by atoms with Crippen LogP contribution in [0.1, 0.15) is 23.0 Å².